The first kappa shape index (κ1) is 15.9. The highest BCUT2D eigenvalue weighted by atomic mass is 32.1. The van der Waals surface area contributed by atoms with Gasteiger partial charge in [0.15, 0.2) is 0 Å². The molecule has 2 aromatic rings. The molecule has 0 spiro atoms. The zero-order chi connectivity index (χ0) is 15.6. The van der Waals surface area contributed by atoms with Crippen LogP contribution >= 0.6 is 11.3 Å². The molecule has 2 heterocycles. The van der Waals surface area contributed by atoms with E-state index in [2.05, 4.69) is 48.4 Å². The monoisotopic (exact) mass is 304 g/mol. The van der Waals surface area contributed by atoms with Crippen LogP contribution in [0.25, 0.3) is 0 Å². The molecule has 2 rings (SSSR count). The minimum atomic E-state index is 0.133. The van der Waals surface area contributed by atoms with Crippen molar-refractivity contribution in [3.8, 4) is 0 Å². The van der Waals surface area contributed by atoms with E-state index in [4.69, 9.17) is 4.98 Å². The summed E-state index contributed by atoms with van der Waals surface area (Å²) in [5, 5.41) is 6.76. The Kier molecular flexibility index (Phi) is 4.61. The van der Waals surface area contributed by atoms with E-state index in [9.17, 15) is 0 Å². The molecule has 0 saturated heterocycles. The highest BCUT2D eigenvalue weighted by molar-refractivity contribution is 7.09. The molecule has 0 saturated carbocycles. The maximum atomic E-state index is 4.72. The second-order valence-corrected chi connectivity index (χ2v) is 7.26. The van der Waals surface area contributed by atoms with E-state index in [1.165, 1.54) is 5.01 Å². The Hall–Kier alpha value is -1.49. The lowest BCUT2D eigenvalue weighted by Gasteiger charge is -2.13. The van der Waals surface area contributed by atoms with Crippen molar-refractivity contribution < 1.29 is 0 Å². The summed E-state index contributed by atoms with van der Waals surface area (Å²) in [5.41, 5.74) is 3.44. The van der Waals surface area contributed by atoms with E-state index in [1.807, 2.05) is 13.8 Å². The third-order valence-corrected chi connectivity index (χ3v) is 4.68. The number of aryl methyl sites for hydroxylation is 2. The lowest BCUT2D eigenvalue weighted by Crippen LogP contribution is -2.12. The van der Waals surface area contributed by atoms with E-state index >= 15 is 0 Å². The van der Waals surface area contributed by atoms with Gasteiger partial charge in [-0.25, -0.2) is 15.0 Å². The molecule has 114 valence electrons. The molecule has 0 fully saturated rings. The number of hydrogen-bond acceptors (Lipinski definition) is 5. The molecule has 0 unspecified atom stereocenters. The van der Waals surface area contributed by atoms with Gasteiger partial charge in [-0.05, 0) is 20.8 Å². The van der Waals surface area contributed by atoms with Crippen LogP contribution in [0.4, 0.5) is 5.82 Å². The first-order valence-corrected chi connectivity index (χ1v) is 8.16. The molecule has 5 heteroatoms. The third-order valence-electron chi connectivity index (χ3n) is 3.37. The summed E-state index contributed by atoms with van der Waals surface area (Å²) >= 11 is 1.75. The Balaban J connectivity index is 1.97. The van der Waals surface area contributed by atoms with Gasteiger partial charge in [-0.1, -0.05) is 20.8 Å². The van der Waals surface area contributed by atoms with Gasteiger partial charge in [-0.15, -0.1) is 11.3 Å². The molecule has 0 amide bonds. The van der Waals surface area contributed by atoms with Crippen molar-refractivity contribution in [2.45, 2.75) is 53.4 Å². The number of hydrogen-bond donors (Lipinski definition) is 1. The number of nitrogens with one attached hydrogen (secondary N) is 1. The van der Waals surface area contributed by atoms with Crippen LogP contribution in [0.3, 0.4) is 0 Å². The van der Waals surface area contributed by atoms with Crippen LogP contribution in [0.1, 0.15) is 48.6 Å². The van der Waals surface area contributed by atoms with Crippen molar-refractivity contribution in [2.24, 2.45) is 0 Å². The standard InChI is InChI=1S/C16H24N4S/c1-10-11(2)18-12(3)19-14(10)17-8-7-13-9-21-15(20-13)16(4,5)6/h9H,7-8H2,1-6H3,(H,17,18,19). The second kappa shape index (κ2) is 6.10. The first-order valence-electron chi connectivity index (χ1n) is 7.28. The zero-order valence-electron chi connectivity index (χ0n) is 13.7. The van der Waals surface area contributed by atoms with Crippen LogP contribution < -0.4 is 5.32 Å². The number of thiazole rings is 1. The average Bonchev–Trinajstić information content (AvgIpc) is 2.83. The van der Waals surface area contributed by atoms with Crippen LogP contribution in [-0.4, -0.2) is 21.5 Å². The average molecular weight is 304 g/mol. The molecule has 0 radical (unpaired) electrons. The zero-order valence-corrected chi connectivity index (χ0v) is 14.6. The molecule has 4 nitrogen and oxygen atoms in total. The van der Waals surface area contributed by atoms with Gasteiger partial charge < -0.3 is 5.32 Å². The van der Waals surface area contributed by atoms with E-state index in [0.29, 0.717) is 0 Å². The Morgan fingerprint density at radius 2 is 1.81 bits per heavy atom. The van der Waals surface area contributed by atoms with E-state index in [0.717, 1.165) is 41.6 Å². The van der Waals surface area contributed by atoms with Gasteiger partial charge in [0.1, 0.15) is 11.6 Å². The molecule has 0 aliphatic rings. The molecule has 1 N–H and O–H groups in total. The quantitative estimate of drug-likeness (QED) is 0.933. The van der Waals surface area contributed by atoms with Gasteiger partial charge >= 0.3 is 0 Å². The highest BCUT2D eigenvalue weighted by Crippen LogP contribution is 2.25. The second-order valence-electron chi connectivity index (χ2n) is 6.40. The van der Waals surface area contributed by atoms with Gasteiger partial charge in [-0.2, -0.15) is 0 Å². The maximum absolute atomic E-state index is 4.72. The molecule has 0 aromatic carbocycles. The summed E-state index contributed by atoms with van der Waals surface area (Å²) in [6, 6.07) is 0. The number of anilines is 1. The summed E-state index contributed by atoms with van der Waals surface area (Å²) in [6.07, 6.45) is 0.911. The largest absolute Gasteiger partial charge is 0.369 e. The molecular weight excluding hydrogens is 280 g/mol. The van der Waals surface area contributed by atoms with Gasteiger partial charge in [0.2, 0.25) is 0 Å². The SMILES string of the molecule is Cc1nc(C)c(C)c(NCCc2csc(C(C)(C)C)n2)n1. The van der Waals surface area contributed by atoms with Gasteiger partial charge in [0.05, 0.1) is 10.7 Å². The Labute approximate surface area is 131 Å². The Morgan fingerprint density at radius 1 is 1.10 bits per heavy atom. The summed E-state index contributed by atoms with van der Waals surface area (Å²) < 4.78 is 0. The Morgan fingerprint density at radius 3 is 2.43 bits per heavy atom. The van der Waals surface area contributed by atoms with Crippen molar-refractivity contribution in [2.75, 3.05) is 11.9 Å². The van der Waals surface area contributed by atoms with E-state index in [-0.39, 0.29) is 5.41 Å². The third kappa shape index (κ3) is 4.00. The predicted molar refractivity (Wildman–Crippen MR) is 89.3 cm³/mol. The smallest absolute Gasteiger partial charge is 0.132 e. The predicted octanol–water partition coefficient (Wildman–Crippen LogP) is 3.81. The first-order chi connectivity index (χ1) is 9.77. The van der Waals surface area contributed by atoms with E-state index in [1.54, 1.807) is 11.3 Å². The number of aromatic nitrogens is 3. The van der Waals surface area contributed by atoms with Crippen LogP contribution in [0.5, 0.6) is 0 Å². The molecule has 0 aliphatic carbocycles. The minimum absolute atomic E-state index is 0.133. The molecule has 2 aromatic heterocycles. The number of nitrogens with zero attached hydrogens (tertiary/aromatic N) is 3. The fourth-order valence-corrected chi connectivity index (χ4v) is 2.96. The number of rotatable bonds is 4. The fourth-order valence-electron chi connectivity index (χ4n) is 2.02. The molecule has 21 heavy (non-hydrogen) atoms. The van der Waals surface area contributed by atoms with Crippen molar-refractivity contribution in [1.29, 1.82) is 0 Å². The lowest BCUT2D eigenvalue weighted by atomic mass is 9.98. The summed E-state index contributed by atoms with van der Waals surface area (Å²) in [4.78, 5) is 13.6. The van der Waals surface area contributed by atoms with Crippen molar-refractivity contribution in [3.63, 3.8) is 0 Å². The van der Waals surface area contributed by atoms with E-state index < -0.39 is 0 Å². The van der Waals surface area contributed by atoms with Crippen LogP contribution in [0.2, 0.25) is 0 Å². The normalized spacial score (nSPS) is 11.7. The highest BCUT2D eigenvalue weighted by Gasteiger charge is 2.17. The molecule has 0 aliphatic heterocycles. The minimum Gasteiger partial charge on any atom is -0.369 e. The Bertz CT molecular complexity index is 626. The van der Waals surface area contributed by atoms with Crippen molar-refractivity contribution >= 4 is 17.2 Å². The van der Waals surface area contributed by atoms with Crippen molar-refractivity contribution in [3.05, 3.63) is 33.2 Å². The summed E-state index contributed by atoms with van der Waals surface area (Å²) in [5.74, 6) is 1.75. The summed E-state index contributed by atoms with van der Waals surface area (Å²) in [6.45, 7) is 13.4. The van der Waals surface area contributed by atoms with Crippen molar-refractivity contribution in [1.82, 2.24) is 15.0 Å². The van der Waals surface area contributed by atoms with Gasteiger partial charge in [-0.3, -0.25) is 0 Å². The van der Waals surface area contributed by atoms with Crippen LogP contribution in [0.15, 0.2) is 5.38 Å². The lowest BCUT2D eigenvalue weighted by molar-refractivity contribution is 0.583. The fraction of sp³-hybridized carbons (Fsp3) is 0.562. The topological polar surface area (TPSA) is 50.7 Å². The molecule has 0 bridgehead atoms. The van der Waals surface area contributed by atoms with Crippen LogP contribution in [0, 0.1) is 20.8 Å². The van der Waals surface area contributed by atoms with Crippen LogP contribution in [-0.2, 0) is 11.8 Å². The summed E-state index contributed by atoms with van der Waals surface area (Å²) in [7, 11) is 0. The van der Waals surface area contributed by atoms with Gasteiger partial charge in [0.25, 0.3) is 0 Å². The van der Waals surface area contributed by atoms with Gasteiger partial charge in [0, 0.05) is 35.0 Å². The maximum Gasteiger partial charge on any atom is 0.132 e. The molecule has 0 atom stereocenters. The molecular formula is C16H24N4S.